The van der Waals surface area contributed by atoms with Gasteiger partial charge in [-0.25, -0.2) is 9.97 Å². The molecule has 20 heavy (non-hydrogen) atoms. The van der Waals surface area contributed by atoms with Crippen LogP contribution in [0.15, 0.2) is 18.2 Å². The van der Waals surface area contributed by atoms with Crippen LogP contribution in [-0.4, -0.2) is 17.0 Å². The van der Waals surface area contributed by atoms with Gasteiger partial charge in [0, 0.05) is 23.9 Å². The van der Waals surface area contributed by atoms with Crippen molar-refractivity contribution in [3.05, 3.63) is 40.6 Å². The molecule has 106 valence electrons. The summed E-state index contributed by atoms with van der Waals surface area (Å²) in [6, 6.07) is 6.29. The number of nitrogens with one attached hydrogen (secondary N) is 1. The van der Waals surface area contributed by atoms with Crippen LogP contribution in [0.5, 0.6) is 0 Å². The Hall–Kier alpha value is -1.90. The first-order valence-corrected chi connectivity index (χ1v) is 7.08. The van der Waals surface area contributed by atoms with Crippen molar-refractivity contribution in [1.29, 1.82) is 0 Å². The SMILES string of the molecule is CNc1nc(-c2c(C)cccc2C)nc(C)c1C(C)C. The zero-order chi connectivity index (χ0) is 14.9. The Balaban J connectivity index is 2.68. The number of nitrogens with zero attached hydrogens (tertiary/aromatic N) is 2. The molecule has 0 aliphatic rings. The zero-order valence-corrected chi connectivity index (χ0v) is 13.2. The van der Waals surface area contributed by atoms with Crippen LogP contribution in [0.3, 0.4) is 0 Å². The molecule has 0 saturated heterocycles. The Labute approximate surface area is 121 Å². The monoisotopic (exact) mass is 269 g/mol. The van der Waals surface area contributed by atoms with Crippen LogP contribution in [0.4, 0.5) is 5.82 Å². The van der Waals surface area contributed by atoms with Gasteiger partial charge in [-0.15, -0.1) is 0 Å². The lowest BCUT2D eigenvalue weighted by Gasteiger charge is -2.17. The molecule has 2 aromatic rings. The van der Waals surface area contributed by atoms with E-state index < -0.39 is 0 Å². The minimum Gasteiger partial charge on any atom is -0.373 e. The molecule has 0 amide bonds. The molecule has 0 unspecified atom stereocenters. The summed E-state index contributed by atoms with van der Waals surface area (Å²) in [5, 5.41) is 3.22. The fourth-order valence-electron chi connectivity index (χ4n) is 2.74. The van der Waals surface area contributed by atoms with Gasteiger partial charge in [0.15, 0.2) is 5.82 Å². The predicted molar refractivity (Wildman–Crippen MR) is 85.3 cm³/mol. The molecule has 2 rings (SSSR count). The van der Waals surface area contributed by atoms with Gasteiger partial charge in [0.05, 0.1) is 0 Å². The summed E-state index contributed by atoms with van der Waals surface area (Å²) in [6.45, 7) is 10.6. The molecular formula is C17H23N3. The van der Waals surface area contributed by atoms with Gasteiger partial charge in [-0.2, -0.15) is 0 Å². The highest BCUT2D eigenvalue weighted by atomic mass is 15.0. The lowest BCUT2D eigenvalue weighted by atomic mass is 9.99. The van der Waals surface area contributed by atoms with Crippen LogP contribution in [-0.2, 0) is 0 Å². The molecule has 0 radical (unpaired) electrons. The third kappa shape index (κ3) is 2.53. The maximum absolute atomic E-state index is 4.74. The Morgan fingerprint density at radius 1 is 1.00 bits per heavy atom. The van der Waals surface area contributed by atoms with Gasteiger partial charge in [0.1, 0.15) is 5.82 Å². The first-order chi connectivity index (χ1) is 9.45. The van der Waals surface area contributed by atoms with E-state index in [0.717, 1.165) is 22.9 Å². The third-order valence-electron chi connectivity index (χ3n) is 3.66. The second-order valence-corrected chi connectivity index (χ2v) is 5.57. The van der Waals surface area contributed by atoms with Crippen molar-refractivity contribution < 1.29 is 0 Å². The van der Waals surface area contributed by atoms with E-state index in [4.69, 9.17) is 9.97 Å². The maximum atomic E-state index is 4.74. The number of anilines is 1. The molecule has 1 aromatic carbocycles. The largest absolute Gasteiger partial charge is 0.373 e. The Morgan fingerprint density at radius 2 is 1.60 bits per heavy atom. The Morgan fingerprint density at radius 3 is 2.10 bits per heavy atom. The smallest absolute Gasteiger partial charge is 0.162 e. The molecule has 3 nitrogen and oxygen atoms in total. The number of benzene rings is 1. The number of aryl methyl sites for hydroxylation is 3. The van der Waals surface area contributed by atoms with Crippen LogP contribution >= 0.6 is 0 Å². The summed E-state index contributed by atoms with van der Waals surface area (Å²) in [5.74, 6) is 2.15. The maximum Gasteiger partial charge on any atom is 0.162 e. The molecule has 1 heterocycles. The van der Waals surface area contributed by atoms with Crippen molar-refractivity contribution in [3.63, 3.8) is 0 Å². The number of hydrogen-bond donors (Lipinski definition) is 1. The number of hydrogen-bond acceptors (Lipinski definition) is 3. The molecular weight excluding hydrogens is 246 g/mol. The van der Waals surface area contributed by atoms with E-state index >= 15 is 0 Å². The Bertz CT molecular complexity index is 610. The first-order valence-electron chi connectivity index (χ1n) is 7.08. The summed E-state index contributed by atoms with van der Waals surface area (Å²) >= 11 is 0. The van der Waals surface area contributed by atoms with Crippen molar-refractivity contribution in [2.75, 3.05) is 12.4 Å². The average Bonchev–Trinajstić information content (AvgIpc) is 2.37. The van der Waals surface area contributed by atoms with Crippen molar-refractivity contribution in [2.24, 2.45) is 0 Å². The van der Waals surface area contributed by atoms with Gasteiger partial charge < -0.3 is 5.32 Å². The topological polar surface area (TPSA) is 37.8 Å². The molecule has 0 fully saturated rings. The van der Waals surface area contributed by atoms with Crippen molar-refractivity contribution in [3.8, 4) is 11.4 Å². The van der Waals surface area contributed by atoms with Crippen molar-refractivity contribution >= 4 is 5.82 Å². The van der Waals surface area contributed by atoms with Gasteiger partial charge in [-0.1, -0.05) is 32.0 Å². The quantitative estimate of drug-likeness (QED) is 0.906. The van der Waals surface area contributed by atoms with E-state index in [-0.39, 0.29) is 0 Å². The summed E-state index contributed by atoms with van der Waals surface area (Å²) in [4.78, 5) is 9.49. The highest BCUT2D eigenvalue weighted by Gasteiger charge is 2.16. The standard InChI is InChI=1S/C17H23N3/c1-10(2)14-13(5)19-17(20-16(14)18-6)15-11(3)8-7-9-12(15)4/h7-10H,1-6H3,(H,18,19,20). The second kappa shape index (κ2) is 5.61. The average molecular weight is 269 g/mol. The van der Waals surface area contributed by atoms with Gasteiger partial charge in [-0.3, -0.25) is 0 Å². The van der Waals surface area contributed by atoms with Crippen LogP contribution in [0.25, 0.3) is 11.4 Å². The molecule has 1 aromatic heterocycles. The number of rotatable bonds is 3. The summed E-state index contributed by atoms with van der Waals surface area (Å²) in [7, 11) is 1.92. The highest BCUT2D eigenvalue weighted by Crippen LogP contribution is 2.30. The first kappa shape index (κ1) is 14.5. The second-order valence-electron chi connectivity index (χ2n) is 5.57. The van der Waals surface area contributed by atoms with Gasteiger partial charge in [-0.05, 0) is 37.8 Å². The van der Waals surface area contributed by atoms with Crippen LogP contribution in [0.1, 0.15) is 42.1 Å². The van der Waals surface area contributed by atoms with E-state index in [9.17, 15) is 0 Å². The van der Waals surface area contributed by atoms with Crippen LogP contribution < -0.4 is 5.32 Å². The molecule has 1 N–H and O–H groups in total. The Kier molecular flexibility index (Phi) is 4.07. The third-order valence-corrected chi connectivity index (χ3v) is 3.66. The zero-order valence-electron chi connectivity index (χ0n) is 13.2. The normalized spacial score (nSPS) is 10.9. The summed E-state index contributed by atoms with van der Waals surface area (Å²) < 4.78 is 0. The molecule has 0 aliphatic carbocycles. The predicted octanol–water partition coefficient (Wildman–Crippen LogP) is 4.23. The summed E-state index contributed by atoms with van der Waals surface area (Å²) in [6.07, 6.45) is 0. The lowest BCUT2D eigenvalue weighted by Crippen LogP contribution is -2.07. The van der Waals surface area contributed by atoms with Crippen LogP contribution in [0.2, 0.25) is 0 Å². The van der Waals surface area contributed by atoms with E-state index in [0.29, 0.717) is 5.92 Å². The van der Waals surface area contributed by atoms with E-state index in [2.05, 4.69) is 58.1 Å². The molecule has 0 spiro atoms. The summed E-state index contributed by atoms with van der Waals surface area (Å²) in [5.41, 5.74) is 5.81. The van der Waals surface area contributed by atoms with Crippen LogP contribution in [0, 0.1) is 20.8 Å². The highest BCUT2D eigenvalue weighted by molar-refractivity contribution is 5.67. The minimum atomic E-state index is 0.407. The van der Waals surface area contributed by atoms with Gasteiger partial charge in [0.25, 0.3) is 0 Å². The molecule has 0 aliphatic heterocycles. The van der Waals surface area contributed by atoms with Gasteiger partial charge in [0.2, 0.25) is 0 Å². The fourth-order valence-corrected chi connectivity index (χ4v) is 2.74. The molecule has 0 atom stereocenters. The molecule has 3 heteroatoms. The van der Waals surface area contributed by atoms with E-state index in [1.807, 2.05) is 7.05 Å². The van der Waals surface area contributed by atoms with Crippen molar-refractivity contribution in [1.82, 2.24) is 9.97 Å². The molecule has 0 saturated carbocycles. The number of aromatic nitrogens is 2. The van der Waals surface area contributed by atoms with E-state index in [1.165, 1.54) is 16.7 Å². The van der Waals surface area contributed by atoms with Crippen molar-refractivity contribution in [2.45, 2.75) is 40.5 Å². The van der Waals surface area contributed by atoms with Gasteiger partial charge >= 0.3 is 0 Å². The minimum absolute atomic E-state index is 0.407. The lowest BCUT2D eigenvalue weighted by molar-refractivity contribution is 0.833. The fraction of sp³-hybridized carbons (Fsp3) is 0.412. The van der Waals surface area contributed by atoms with E-state index in [1.54, 1.807) is 0 Å². The molecule has 0 bridgehead atoms.